The zero-order valence-corrected chi connectivity index (χ0v) is 12.8. The monoisotopic (exact) mass is 280 g/mol. The number of rotatable bonds is 11. The first-order valence-corrected chi connectivity index (χ1v) is 7.07. The summed E-state index contributed by atoms with van der Waals surface area (Å²) in [6.45, 7) is 10.6. The third-order valence-corrected chi connectivity index (χ3v) is 2.91. The van der Waals surface area contributed by atoms with Crippen molar-refractivity contribution in [1.29, 1.82) is 0 Å². The summed E-state index contributed by atoms with van der Waals surface area (Å²) in [5, 5.41) is 5.64. The van der Waals surface area contributed by atoms with E-state index in [2.05, 4.69) is 29.9 Å². The molecule has 0 radical (unpaired) electrons. The van der Waals surface area contributed by atoms with Gasteiger partial charge in [0.2, 0.25) is 0 Å². The van der Waals surface area contributed by atoms with E-state index in [1.54, 1.807) is 13.2 Å². The molecule has 114 valence electrons. The maximum absolute atomic E-state index is 11.5. The molecule has 0 rings (SSSR count). The Hall–Kier alpha value is -1.55. The maximum Gasteiger partial charge on any atom is 0.315 e. The fourth-order valence-corrected chi connectivity index (χ4v) is 1.63. The summed E-state index contributed by atoms with van der Waals surface area (Å²) in [6, 6.07) is -0.123. The van der Waals surface area contributed by atoms with E-state index >= 15 is 0 Å². The van der Waals surface area contributed by atoms with Crippen LogP contribution in [0.25, 0.3) is 0 Å². The van der Waals surface area contributed by atoms with Crippen LogP contribution in [0, 0.1) is 0 Å². The number of ether oxygens (including phenoxy) is 1. The predicted octanol–water partition coefficient (Wildman–Crippen LogP) is 3.18. The zero-order valence-electron chi connectivity index (χ0n) is 12.8. The third kappa shape index (κ3) is 10.4. The summed E-state index contributed by atoms with van der Waals surface area (Å²) in [5.74, 6) is 0. The molecule has 0 aliphatic heterocycles. The molecule has 4 nitrogen and oxygen atoms in total. The standard InChI is InChI=1S/C16H28N2O2/c1-5-7-8-12-17-16(19)18-13-14(3)10-9-11-15(6-2)20-4/h5-6,10,15H,1-2,7-9,11-13H2,3-4H3,(H2,17,18,19)/b14-10-. The van der Waals surface area contributed by atoms with Crippen molar-refractivity contribution in [3.8, 4) is 0 Å². The molecule has 2 N–H and O–H groups in total. The van der Waals surface area contributed by atoms with E-state index in [4.69, 9.17) is 4.74 Å². The maximum atomic E-state index is 11.5. The van der Waals surface area contributed by atoms with Gasteiger partial charge >= 0.3 is 6.03 Å². The van der Waals surface area contributed by atoms with Gasteiger partial charge in [0.1, 0.15) is 0 Å². The SMILES string of the molecule is C=CCCCNC(=O)NC/C(C)=C\CCC(C=C)OC. The number of methoxy groups -OCH3 is 1. The Morgan fingerprint density at radius 2 is 2.05 bits per heavy atom. The average Bonchev–Trinajstić information content (AvgIpc) is 2.46. The van der Waals surface area contributed by atoms with Crippen LogP contribution in [0.5, 0.6) is 0 Å². The van der Waals surface area contributed by atoms with Crippen molar-refractivity contribution in [1.82, 2.24) is 10.6 Å². The van der Waals surface area contributed by atoms with Crippen molar-refractivity contribution in [2.75, 3.05) is 20.2 Å². The lowest BCUT2D eigenvalue weighted by molar-refractivity contribution is 0.135. The minimum Gasteiger partial charge on any atom is -0.377 e. The van der Waals surface area contributed by atoms with Crippen molar-refractivity contribution < 1.29 is 9.53 Å². The Bertz CT molecular complexity index is 324. The molecule has 4 heteroatoms. The lowest BCUT2D eigenvalue weighted by atomic mass is 10.1. The van der Waals surface area contributed by atoms with Gasteiger partial charge in [-0.25, -0.2) is 4.79 Å². The van der Waals surface area contributed by atoms with E-state index in [0.29, 0.717) is 13.1 Å². The molecule has 1 unspecified atom stereocenters. The van der Waals surface area contributed by atoms with Crippen molar-refractivity contribution in [2.45, 2.75) is 38.7 Å². The minimum atomic E-state index is -0.123. The van der Waals surface area contributed by atoms with Crippen LogP contribution in [0.15, 0.2) is 37.0 Å². The Morgan fingerprint density at radius 1 is 1.30 bits per heavy atom. The summed E-state index contributed by atoms with van der Waals surface area (Å²) < 4.78 is 5.21. The Labute approximate surface area is 123 Å². The van der Waals surface area contributed by atoms with Gasteiger partial charge in [-0.15, -0.1) is 13.2 Å². The molecular weight excluding hydrogens is 252 g/mol. The first-order chi connectivity index (χ1) is 9.63. The molecule has 0 heterocycles. The van der Waals surface area contributed by atoms with Crippen LogP contribution in [0.2, 0.25) is 0 Å². The van der Waals surface area contributed by atoms with E-state index in [1.807, 2.05) is 13.0 Å². The van der Waals surface area contributed by atoms with Crippen LogP contribution >= 0.6 is 0 Å². The highest BCUT2D eigenvalue weighted by atomic mass is 16.5. The van der Waals surface area contributed by atoms with Gasteiger partial charge in [-0.05, 0) is 32.6 Å². The number of carbonyl (C=O) groups excluding carboxylic acids is 1. The summed E-state index contributed by atoms with van der Waals surface area (Å²) >= 11 is 0. The largest absolute Gasteiger partial charge is 0.377 e. The summed E-state index contributed by atoms with van der Waals surface area (Å²) in [5.41, 5.74) is 1.14. The van der Waals surface area contributed by atoms with Crippen LogP contribution in [-0.2, 0) is 4.74 Å². The van der Waals surface area contributed by atoms with Gasteiger partial charge in [-0.2, -0.15) is 0 Å². The summed E-state index contributed by atoms with van der Waals surface area (Å²) in [4.78, 5) is 11.5. The van der Waals surface area contributed by atoms with E-state index in [0.717, 1.165) is 31.3 Å². The van der Waals surface area contributed by atoms with E-state index < -0.39 is 0 Å². The number of unbranched alkanes of at least 4 members (excludes halogenated alkanes) is 1. The van der Waals surface area contributed by atoms with Crippen molar-refractivity contribution in [3.05, 3.63) is 37.0 Å². The number of carbonyl (C=O) groups is 1. The average molecular weight is 280 g/mol. The smallest absolute Gasteiger partial charge is 0.315 e. The lowest BCUT2D eigenvalue weighted by Gasteiger charge is -2.09. The third-order valence-electron chi connectivity index (χ3n) is 2.91. The molecule has 1 atom stereocenters. The van der Waals surface area contributed by atoms with E-state index in [1.165, 1.54) is 0 Å². The highest BCUT2D eigenvalue weighted by Crippen LogP contribution is 2.05. The van der Waals surface area contributed by atoms with Gasteiger partial charge < -0.3 is 15.4 Å². The molecule has 2 amide bonds. The molecule has 20 heavy (non-hydrogen) atoms. The number of hydrogen-bond donors (Lipinski definition) is 2. The summed E-state index contributed by atoms with van der Waals surface area (Å²) in [7, 11) is 1.68. The molecular formula is C16H28N2O2. The number of allylic oxidation sites excluding steroid dienone is 2. The van der Waals surface area contributed by atoms with Gasteiger partial charge in [0.15, 0.2) is 0 Å². The van der Waals surface area contributed by atoms with E-state index in [9.17, 15) is 4.79 Å². The highest BCUT2D eigenvalue weighted by Gasteiger charge is 2.01. The molecule has 0 bridgehead atoms. The molecule has 0 spiro atoms. The quantitative estimate of drug-likeness (QED) is 0.451. The van der Waals surface area contributed by atoms with E-state index in [-0.39, 0.29) is 12.1 Å². The van der Waals surface area contributed by atoms with Crippen molar-refractivity contribution >= 4 is 6.03 Å². The van der Waals surface area contributed by atoms with Crippen LogP contribution in [0.1, 0.15) is 32.6 Å². The second kappa shape index (κ2) is 12.5. The Kier molecular flexibility index (Phi) is 11.5. The number of nitrogens with one attached hydrogen (secondary N) is 2. The molecule has 0 saturated carbocycles. The molecule has 0 aromatic carbocycles. The summed E-state index contributed by atoms with van der Waals surface area (Å²) in [6.07, 6.45) is 9.54. The molecule has 0 aromatic heterocycles. The Balaban J connectivity index is 3.74. The Morgan fingerprint density at radius 3 is 2.65 bits per heavy atom. The fourth-order valence-electron chi connectivity index (χ4n) is 1.63. The minimum absolute atomic E-state index is 0.0974. The van der Waals surface area contributed by atoms with Gasteiger partial charge in [-0.3, -0.25) is 0 Å². The topological polar surface area (TPSA) is 50.4 Å². The normalized spacial score (nSPS) is 12.6. The van der Waals surface area contributed by atoms with Crippen LogP contribution in [0.4, 0.5) is 4.79 Å². The number of amides is 2. The zero-order chi connectivity index (χ0) is 15.2. The molecule has 0 aliphatic rings. The first-order valence-electron chi connectivity index (χ1n) is 7.07. The second-order valence-corrected chi connectivity index (χ2v) is 4.68. The van der Waals surface area contributed by atoms with Crippen LogP contribution in [-0.4, -0.2) is 32.3 Å². The molecule has 0 aliphatic carbocycles. The molecule has 0 fully saturated rings. The molecule has 0 aromatic rings. The number of hydrogen-bond acceptors (Lipinski definition) is 2. The lowest BCUT2D eigenvalue weighted by Crippen LogP contribution is -2.36. The van der Waals surface area contributed by atoms with Gasteiger partial charge in [0, 0.05) is 20.2 Å². The van der Waals surface area contributed by atoms with Crippen molar-refractivity contribution in [3.63, 3.8) is 0 Å². The highest BCUT2D eigenvalue weighted by molar-refractivity contribution is 5.74. The fraction of sp³-hybridized carbons (Fsp3) is 0.562. The van der Waals surface area contributed by atoms with Gasteiger partial charge in [0.05, 0.1) is 6.10 Å². The van der Waals surface area contributed by atoms with Gasteiger partial charge in [0.25, 0.3) is 0 Å². The van der Waals surface area contributed by atoms with Crippen LogP contribution < -0.4 is 10.6 Å². The van der Waals surface area contributed by atoms with Crippen LogP contribution in [0.3, 0.4) is 0 Å². The first kappa shape index (κ1) is 18.4. The van der Waals surface area contributed by atoms with Gasteiger partial charge in [-0.1, -0.05) is 23.8 Å². The van der Waals surface area contributed by atoms with Crippen molar-refractivity contribution in [2.24, 2.45) is 0 Å². The second-order valence-electron chi connectivity index (χ2n) is 4.68. The predicted molar refractivity (Wildman–Crippen MR) is 84.8 cm³/mol. The number of urea groups is 1. The molecule has 0 saturated heterocycles.